The average molecular weight is 470 g/mol. The zero-order valence-electron chi connectivity index (χ0n) is 19.4. The molecule has 0 radical (unpaired) electrons. The van der Waals surface area contributed by atoms with Gasteiger partial charge in [-0.15, -0.1) is 0 Å². The fourth-order valence-electron chi connectivity index (χ4n) is 4.63. The van der Waals surface area contributed by atoms with Crippen LogP contribution in [0.2, 0.25) is 0 Å². The second kappa shape index (κ2) is 11.9. The molecule has 0 spiro atoms. The minimum Gasteiger partial charge on any atom is -0.390 e. The number of carbonyl (C=O) groups is 1. The van der Waals surface area contributed by atoms with E-state index >= 15 is 0 Å². The zero-order valence-corrected chi connectivity index (χ0v) is 20.3. The van der Waals surface area contributed by atoms with Gasteiger partial charge in [0.25, 0.3) is 5.91 Å². The van der Waals surface area contributed by atoms with Crippen LogP contribution in [-0.4, -0.2) is 87.7 Å². The van der Waals surface area contributed by atoms with Gasteiger partial charge in [-0.2, -0.15) is 11.8 Å². The second-order valence-electron chi connectivity index (χ2n) is 9.04. The quantitative estimate of drug-likeness (QED) is 0.486. The number of benzene rings is 1. The van der Waals surface area contributed by atoms with Crippen molar-refractivity contribution in [3.8, 4) is 0 Å². The maximum Gasteiger partial charge on any atom is 0.270 e. The number of fused-ring (bicyclic) bond motifs is 1. The molecule has 2 aliphatic rings. The molecule has 1 atom stereocenters. The number of rotatable bonds is 11. The van der Waals surface area contributed by atoms with Gasteiger partial charge in [0.15, 0.2) is 0 Å². The first-order chi connectivity index (χ1) is 16.1. The summed E-state index contributed by atoms with van der Waals surface area (Å²) in [4.78, 5) is 25.8. The van der Waals surface area contributed by atoms with Crippen LogP contribution < -0.4 is 5.32 Å². The van der Waals surface area contributed by atoms with Crippen LogP contribution in [0.1, 0.15) is 34.2 Å². The van der Waals surface area contributed by atoms with Crippen LogP contribution in [0.4, 0.5) is 0 Å². The number of nitrogens with one attached hydrogen (secondary N) is 1. The van der Waals surface area contributed by atoms with Gasteiger partial charge in [0.1, 0.15) is 12.0 Å². The lowest BCUT2D eigenvalue weighted by atomic mass is 9.94. The molecule has 33 heavy (non-hydrogen) atoms. The number of aliphatic hydroxyl groups excluding tert-OH is 1. The van der Waals surface area contributed by atoms with E-state index in [0.717, 1.165) is 51.3 Å². The molecule has 8 heteroatoms. The highest BCUT2D eigenvalue weighted by atomic mass is 32.2. The lowest BCUT2D eigenvalue weighted by molar-refractivity contribution is 0.0837. The second-order valence-corrected chi connectivity index (χ2v) is 10.4. The Morgan fingerprint density at radius 2 is 2.06 bits per heavy atom. The molecule has 1 aromatic heterocycles. The highest BCUT2D eigenvalue weighted by Crippen LogP contribution is 2.20. The average Bonchev–Trinajstić information content (AvgIpc) is 2.81. The van der Waals surface area contributed by atoms with Crippen molar-refractivity contribution in [3.63, 3.8) is 0 Å². The van der Waals surface area contributed by atoms with Crippen molar-refractivity contribution in [2.45, 2.75) is 32.4 Å². The molecule has 0 bridgehead atoms. The smallest absolute Gasteiger partial charge is 0.270 e. The Balaban J connectivity index is 1.18. The molecule has 7 nitrogen and oxygen atoms in total. The number of aliphatic hydroxyl groups is 1. The van der Waals surface area contributed by atoms with Crippen LogP contribution in [0.3, 0.4) is 0 Å². The molecule has 0 aliphatic carbocycles. The van der Waals surface area contributed by atoms with Gasteiger partial charge in [-0.05, 0) is 41.7 Å². The van der Waals surface area contributed by atoms with E-state index in [-0.39, 0.29) is 12.5 Å². The third-order valence-electron chi connectivity index (χ3n) is 6.42. The summed E-state index contributed by atoms with van der Waals surface area (Å²) in [5, 5.41) is 13.3. The van der Waals surface area contributed by atoms with E-state index in [4.69, 9.17) is 0 Å². The summed E-state index contributed by atoms with van der Waals surface area (Å²) in [6.07, 6.45) is 2.72. The minimum atomic E-state index is -0.618. The van der Waals surface area contributed by atoms with Crippen molar-refractivity contribution in [2.75, 3.05) is 50.8 Å². The van der Waals surface area contributed by atoms with Crippen LogP contribution in [0.5, 0.6) is 0 Å². The van der Waals surface area contributed by atoms with Gasteiger partial charge in [-0.3, -0.25) is 9.69 Å². The van der Waals surface area contributed by atoms with E-state index in [1.165, 1.54) is 29.0 Å². The van der Waals surface area contributed by atoms with Crippen molar-refractivity contribution < 1.29 is 9.90 Å². The predicted octanol–water partition coefficient (Wildman–Crippen LogP) is 1.85. The highest BCUT2D eigenvalue weighted by Gasteiger charge is 2.27. The van der Waals surface area contributed by atoms with Gasteiger partial charge < -0.3 is 15.3 Å². The molecule has 2 N–H and O–H groups in total. The third kappa shape index (κ3) is 6.99. The number of likely N-dealkylation sites (tertiary alicyclic amines) is 1. The molecule has 0 unspecified atom stereocenters. The summed E-state index contributed by atoms with van der Waals surface area (Å²) < 4.78 is 0. The molecule has 1 saturated heterocycles. The summed E-state index contributed by atoms with van der Waals surface area (Å²) in [7, 11) is 0. The van der Waals surface area contributed by atoms with Crippen molar-refractivity contribution >= 4 is 17.7 Å². The summed E-state index contributed by atoms with van der Waals surface area (Å²) in [6, 6.07) is 10.2. The highest BCUT2D eigenvalue weighted by molar-refractivity contribution is 7.99. The topological polar surface area (TPSA) is 81.6 Å². The van der Waals surface area contributed by atoms with Gasteiger partial charge in [0, 0.05) is 57.3 Å². The maximum atomic E-state index is 12.6. The van der Waals surface area contributed by atoms with Crippen LogP contribution in [-0.2, 0) is 19.4 Å². The standard InChI is InChI=1S/C25H35N5O2S/c1-2-33-10-9-30-14-19(15-30)11-22-12-24(28-18-27-22)25(32)26-13-23(31)17-29-8-7-20-5-3-4-6-21(20)16-29/h3-6,12,18-19,23,31H,2,7-11,13-17H2,1H3,(H,26,32)/t23-/m0/s1. The molecule has 1 aromatic carbocycles. The normalized spacial score (nSPS) is 17.9. The van der Waals surface area contributed by atoms with Crippen LogP contribution in [0.25, 0.3) is 0 Å². The molecule has 2 aliphatic heterocycles. The fourth-order valence-corrected chi connectivity index (χ4v) is 5.31. The molecule has 4 rings (SSSR count). The van der Waals surface area contributed by atoms with E-state index in [1.807, 2.05) is 11.8 Å². The molecule has 2 aromatic rings. The summed E-state index contributed by atoms with van der Waals surface area (Å²) >= 11 is 1.98. The summed E-state index contributed by atoms with van der Waals surface area (Å²) in [5.74, 6) is 2.71. The first-order valence-electron chi connectivity index (χ1n) is 12.0. The lowest BCUT2D eigenvalue weighted by Gasteiger charge is -2.39. The van der Waals surface area contributed by atoms with Crippen molar-refractivity contribution in [2.24, 2.45) is 5.92 Å². The Hall–Kier alpha value is -2.00. The molecule has 178 valence electrons. The molecule has 1 amide bonds. The van der Waals surface area contributed by atoms with Gasteiger partial charge in [-0.25, -0.2) is 9.97 Å². The van der Waals surface area contributed by atoms with Crippen molar-refractivity contribution in [1.82, 2.24) is 25.1 Å². The zero-order chi connectivity index (χ0) is 23.0. The van der Waals surface area contributed by atoms with Crippen LogP contribution >= 0.6 is 11.8 Å². The maximum absolute atomic E-state index is 12.6. The van der Waals surface area contributed by atoms with E-state index in [1.54, 1.807) is 6.07 Å². The number of hydrogen-bond donors (Lipinski definition) is 2. The Kier molecular flexibility index (Phi) is 8.72. The minimum absolute atomic E-state index is 0.212. The van der Waals surface area contributed by atoms with E-state index < -0.39 is 6.10 Å². The number of nitrogens with zero attached hydrogens (tertiary/aromatic N) is 4. The predicted molar refractivity (Wildman–Crippen MR) is 132 cm³/mol. The number of aromatic nitrogens is 2. The van der Waals surface area contributed by atoms with Gasteiger partial charge in [0.2, 0.25) is 0 Å². The molecule has 1 fully saturated rings. The number of thioether (sulfide) groups is 1. The summed E-state index contributed by atoms with van der Waals surface area (Å²) in [6.45, 7) is 8.06. The Morgan fingerprint density at radius 1 is 1.24 bits per heavy atom. The monoisotopic (exact) mass is 469 g/mol. The number of hydrogen-bond acceptors (Lipinski definition) is 7. The fraction of sp³-hybridized carbons (Fsp3) is 0.560. The number of β-amino-alcohol motifs (C(OH)–C–C–N with tert-alkyl or cyclic N) is 1. The largest absolute Gasteiger partial charge is 0.390 e. The van der Waals surface area contributed by atoms with Crippen LogP contribution in [0.15, 0.2) is 36.7 Å². The first-order valence-corrected chi connectivity index (χ1v) is 13.1. The molecule has 0 saturated carbocycles. The van der Waals surface area contributed by atoms with E-state index in [9.17, 15) is 9.90 Å². The first kappa shape index (κ1) is 24.1. The van der Waals surface area contributed by atoms with E-state index in [0.29, 0.717) is 18.2 Å². The Bertz CT molecular complexity index is 921. The number of carbonyl (C=O) groups excluding carboxylic acids is 1. The van der Waals surface area contributed by atoms with E-state index in [2.05, 4.69) is 56.3 Å². The SMILES string of the molecule is CCSCCN1CC(Cc2cc(C(=O)NC[C@H](O)CN3CCc4ccccc4C3)ncn2)C1. The molecular weight excluding hydrogens is 434 g/mol. The number of amides is 1. The Labute approximate surface area is 201 Å². The lowest BCUT2D eigenvalue weighted by Crippen LogP contribution is -2.48. The van der Waals surface area contributed by atoms with Gasteiger partial charge in [-0.1, -0.05) is 31.2 Å². The van der Waals surface area contributed by atoms with Crippen LogP contribution in [0, 0.1) is 5.92 Å². The third-order valence-corrected chi connectivity index (χ3v) is 7.30. The summed E-state index contributed by atoms with van der Waals surface area (Å²) in [5.41, 5.74) is 3.99. The molecule has 3 heterocycles. The molecular formula is C25H35N5O2S. The van der Waals surface area contributed by atoms with Gasteiger partial charge in [0.05, 0.1) is 6.10 Å². The Morgan fingerprint density at radius 3 is 2.88 bits per heavy atom. The van der Waals surface area contributed by atoms with Crippen molar-refractivity contribution in [1.29, 1.82) is 0 Å². The van der Waals surface area contributed by atoms with Gasteiger partial charge >= 0.3 is 0 Å². The van der Waals surface area contributed by atoms with Crippen molar-refractivity contribution in [3.05, 3.63) is 59.2 Å².